The van der Waals surface area contributed by atoms with Crippen molar-refractivity contribution < 1.29 is 44.5 Å². The van der Waals surface area contributed by atoms with Crippen molar-refractivity contribution in [3.63, 3.8) is 0 Å². The molecule has 1 heterocycles. The van der Waals surface area contributed by atoms with Gasteiger partial charge in [-0.1, -0.05) is 0 Å². The topological polar surface area (TPSA) is 94.1 Å². The van der Waals surface area contributed by atoms with Gasteiger partial charge < -0.3 is 4.55 Å². The molecular formula is C8H5F5N2O4S. The first-order valence-corrected chi connectivity index (χ1v) is 5.77. The molecule has 0 N–H and O–H groups in total. The van der Waals surface area contributed by atoms with Gasteiger partial charge in [-0.3, -0.25) is 0 Å². The summed E-state index contributed by atoms with van der Waals surface area (Å²) in [5.41, 5.74) is -5.25. The SMILES string of the molecule is N#Cc1cc[n+](OC(F)F)cc1.O=S(=O)([O-])C(F)(F)F. The molecular weight excluding hydrogens is 315 g/mol. The maximum Gasteiger partial charge on any atom is 0.485 e. The highest BCUT2D eigenvalue weighted by Gasteiger charge is 2.36. The summed E-state index contributed by atoms with van der Waals surface area (Å²) in [6.07, 6.45) is 2.48. The van der Waals surface area contributed by atoms with Gasteiger partial charge in [-0.05, 0) is 0 Å². The van der Waals surface area contributed by atoms with Gasteiger partial charge in [0.2, 0.25) is 12.4 Å². The van der Waals surface area contributed by atoms with Crippen molar-refractivity contribution in [3.8, 4) is 6.07 Å². The fourth-order valence-electron chi connectivity index (χ4n) is 0.650. The maximum atomic E-state index is 11.6. The van der Waals surface area contributed by atoms with Crippen molar-refractivity contribution in [2.45, 2.75) is 12.1 Å². The lowest BCUT2D eigenvalue weighted by Gasteiger charge is -2.08. The molecule has 0 radical (unpaired) electrons. The standard InChI is InChI=1S/C7H5F2N2O.CHF3O3S/c8-7(9)12-11-3-1-6(5-10)2-4-11;2-1(3,4)8(5,6)7/h1-4,7H;(H,5,6,7)/q+1;/p-1. The molecule has 1 aromatic rings. The Bertz CT molecular complexity index is 564. The maximum absolute atomic E-state index is 11.6. The van der Waals surface area contributed by atoms with Gasteiger partial charge in [-0.25, -0.2) is 8.42 Å². The molecule has 0 aliphatic carbocycles. The molecule has 0 unspecified atom stereocenters. The summed E-state index contributed by atoms with van der Waals surface area (Å²) in [5.74, 6) is 0. The average Bonchev–Trinajstić information content (AvgIpc) is 2.27. The molecule has 112 valence electrons. The fourth-order valence-corrected chi connectivity index (χ4v) is 0.650. The Kier molecular flexibility index (Phi) is 6.27. The molecule has 0 aliphatic heterocycles. The molecule has 1 rings (SSSR count). The Hall–Kier alpha value is -2.00. The minimum Gasteiger partial charge on any atom is -0.741 e. The van der Waals surface area contributed by atoms with Crippen LogP contribution < -0.4 is 9.57 Å². The highest BCUT2D eigenvalue weighted by Crippen LogP contribution is 2.20. The molecule has 0 saturated heterocycles. The van der Waals surface area contributed by atoms with Crippen molar-refractivity contribution in [1.82, 2.24) is 0 Å². The number of hydrogen-bond acceptors (Lipinski definition) is 5. The van der Waals surface area contributed by atoms with Crippen LogP contribution in [-0.4, -0.2) is 25.1 Å². The molecule has 0 aliphatic rings. The van der Waals surface area contributed by atoms with Gasteiger partial charge in [0.1, 0.15) is 0 Å². The molecule has 0 atom stereocenters. The lowest BCUT2D eigenvalue weighted by atomic mass is 10.3. The number of alkyl halides is 5. The third-order valence-corrected chi connectivity index (χ3v) is 1.98. The molecule has 0 spiro atoms. The normalized spacial score (nSPS) is 11.3. The van der Waals surface area contributed by atoms with Crippen LogP contribution in [0.1, 0.15) is 5.56 Å². The van der Waals surface area contributed by atoms with Crippen LogP contribution in [0.15, 0.2) is 24.5 Å². The van der Waals surface area contributed by atoms with Gasteiger partial charge in [0.15, 0.2) is 10.1 Å². The largest absolute Gasteiger partial charge is 0.741 e. The van der Waals surface area contributed by atoms with E-state index in [4.69, 9.17) is 18.2 Å². The van der Waals surface area contributed by atoms with Crippen LogP contribution in [0.5, 0.6) is 0 Å². The third kappa shape index (κ3) is 6.81. The van der Waals surface area contributed by atoms with E-state index in [1.807, 2.05) is 6.07 Å². The lowest BCUT2D eigenvalue weighted by molar-refractivity contribution is -0.909. The predicted molar refractivity (Wildman–Crippen MR) is 49.7 cm³/mol. The minimum atomic E-state index is -6.09. The summed E-state index contributed by atoms with van der Waals surface area (Å²) in [6.45, 7) is -2.86. The van der Waals surface area contributed by atoms with Crippen LogP contribution in [-0.2, 0) is 10.1 Å². The van der Waals surface area contributed by atoms with E-state index in [0.717, 1.165) is 4.73 Å². The zero-order valence-electron chi connectivity index (χ0n) is 9.21. The summed E-state index contributed by atoms with van der Waals surface area (Å²) in [7, 11) is -6.09. The second-order valence-electron chi connectivity index (χ2n) is 2.82. The van der Waals surface area contributed by atoms with Crippen LogP contribution in [0.2, 0.25) is 0 Å². The van der Waals surface area contributed by atoms with Crippen LogP contribution in [0.25, 0.3) is 0 Å². The minimum absolute atomic E-state index is 0.393. The van der Waals surface area contributed by atoms with E-state index in [1.54, 1.807) is 0 Å². The Balaban J connectivity index is 0.000000396. The van der Waals surface area contributed by atoms with Crippen LogP contribution in [0.4, 0.5) is 22.0 Å². The summed E-state index contributed by atoms with van der Waals surface area (Å²) in [4.78, 5) is 3.99. The zero-order chi connectivity index (χ0) is 16.0. The number of pyridine rings is 1. The highest BCUT2D eigenvalue weighted by molar-refractivity contribution is 7.86. The molecule has 1 aromatic heterocycles. The van der Waals surface area contributed by atoms with Gasteiger partial charge in [-0.2, -0.15) is 32.1 Å². The summed E-state index contributed by atoms with van der Waals surface area (Å²) < 4.78 is 82.9. The van der Waals surface area contributed by atoms with E-state index >= 15 is 0 Å². The summed E-state index contributed by atoms with van der Waals surface area (Å²) in [6, 6.07) is 4.61. The van der Waals surface area contributed by atoms with E-state index in [-0.39, 0.29) is 0 Å². The van der Waals surface area contributed by atoms with Gasteiger partial charge >= 0.3 is 12.1 Å². The first-order chi connectivity index (χ1) is 8.97. The van der Waals surface area contributed by atoms with Crippen LogP contribution >= 0.6 is 0 Å². The quantitative estimate of drug-likeness (QED) is 0.343. The van der Waals surface area contributed by atoms with Crippen LogP contribution in [0.3, 0.4) is 0 Å². The first-order valence-electron chi connectivity index (χ1n) is 4.36. The molecule has 6 nitrogen and oxygen atoms in total. The van der Waals surface area contributed by atoms with E-state index in [2.05, 4.69) is 4.84 Å². The predicted octanol–water partition coefficient (Wildman–Crippen LogP) is 0.548. The lowest BCUT2D eigenvalue weighted by Crippen LogP contribution is -2.44. The number of nitriles is 1. The third-order valence-electron chi connectivity index (χ3n) is 1.42. The Morgan fingerprint density at radius 2 is 1.70 bits per heavy atom. The number of halogens is 5. The number of aromatic nitrogens is 1. The van der Waals surface area contributed by atoms with Crippen molar-refractivity contribution in [2.75, 3.05) is 0 Å². The van der Waals surface area contributed by atoms with Crippen LogP contribution in [0, 0.1) is 11.3 Å². The number of nitrogens with zero attached hydrogens (tertiary/aromatic N) is 2. The molecule has 12 heteroatoms. The Labute approximate surface area is 109 Å². The van der Waals surface area contributed by atoms with E-state index in [1.165, 1.54) is 24.5 Å². The average molecular weight is 320 g/mol. The second-order valence-corrected chi connectivity index (χ2v) is 4.20. The van der Waals surface area contributed by atoms with Gasteiger partial charge in [0, 0.05) is 16.9 Å². The summed E-state index contributed by atoms with van der Waals surface area (Å²) >= 11 is 0. The molecule has 0 aromatic carbocycles. The molecule has 20 heavy (non-hydrogen) atoms. The van der Waals surface area contributed by atoms with E-state index in [0.29, 0.717) is 5.56 Å². The smallest absolute Gasteiger partial charge is 0.485 e. The Morgan fingerprint density at radius 1 is 1.30 bits per heavy atom. The first kappa shape index (κ1) is 18.0. The van der Waals surface area contributed by atoms with Crippen molar-refractivity contribution >= 4 is 10.1 Å². The fraction of sp³-hybridized carbons (Fsp3) is 0.250. The van der Waals surface area contributed by atoms with Crippen molar-refractivity contribution in [3.05, 3.63) is 30.1 Å². The molecule has 0 amide bonds. The molecule has 0 fully saturated rings. The molecule has 0 saturated carbocycles. The Morgan fingerprint density at radius 3 is 1.95 bits per heavy atom. The second kappa shape index (κ2) is 6.96. The molecule has 0 bridgehead atoms. The van der Waals surface area contributed by atoms with E-state index < -0.39 is 22.2 Å². The summed E-state index contributed by atoms with van der Waals surface area (Å²) in [5, 5.41) is 8.36. The van der Waals surface area contributed by atoms with Gasteiger partial charge in [-0.15, -0.1) is 0 Å². The zero-order valence-corrected chi connectivity index (χ0v) is 10.0. The van der Waals surface area contributed by atoms with Crippen molar-refractivity contribution in [1.29, 1.82) is 5.26 Å². The van der Waals surface area contributed by atoms with Gasteiger partial charge in [0.25, 0.3) is 0 Å². The van der Waals surface area contributed by atoms with Gasteiger partial charge in [0.05, 0.1) is 11.6 Å². The van der Waals surface area contributed by atoms with Crippen molar-refractivity contribution in [2.24, 2.45) is 0 Å². The number of rotatable bonds is 2. The number of hydrogen-bond donors (Lipinski definition) is 0. The monoisotopic (exact) mass is 320 g/mol. The highest BCUT2D eigenvalue weighted by atomic mass is 32.2. The van der Waals surface area contributed by atoms with E-state index in [9.17, 15) is 22.0 Å².